The number of aliphatic hydroxyl groups is 1. The Kier molecular flexibility index (Phi) is 2.48. The lowest BCUT2D eigenvalue weighted by Gasteiger charge is -2.37. The first-order valence-corrected chi connectivity index (χ1v) is 7.57. The van der Waals surface area contributed by atoms with Crippen molar-refractivity contribution < 1.29 is 14.6 Å². The second-order valence-electron chi connectivity index (χ2n) is 6.88. The molecule has 4 aliphatic carbocycles. The summed E-state index contributed by atoms with van der Waals surface area (Å²) in [5, 5.41) is 8.75. The Balaban J connectivity index is 1.50. The van der Waals surface area contributed by atoms with Gasteiger partial charge in [-0.05, 0) is 67.6 Å². The molecule has 0 aromatic rings. The topological polar surface area (TPSA) is 46.5 Å². The molecule has 4 fully saturated rings. The molecule has 0 heterocycles. The zero-order chi connectivity index (χ0) is 12.3. The fourth-order valence-electron chi connectivity index (χ4n) is 6.09. The van der Waals surface area contributed by atoms with Gasteiger partial charge < -0.3 is 9.84 Å². The molecule has 0 aromatic heterocycles. The summed E-state index contributed by atoms with van der Waals surface area (Å²) in [5.41, 5.74) is 0. The van der Waals surface area contributed by atoms with E-state index in [4.69, 9.17) is 9.84 Å². The van der Waals surface area contributed by atoms with Gasteiger partial charge in [-0.25, -0.2) is 0 Å². The van der Waals surface area contributed by atoms with Crippen LogP contribution in [-0.2, 0) is 9.53 Å². The first-order chi connectivity index (χ1) is 8.79. The normalized spacial score (nSPS) is 51.7. The SMILES string of the molecule is O=C(OCCO)C1CC2CC1C1C3CCC(C3)C21. The predicted molar refractivity (Wildman–Crippen MR) is 65.6 cm³/mol. The number of esters is 1. The number of fused-ring (bicyclic) bond motifs is 9. The maximum Gasteiger partial charge on any atom is 0.309 e. The molecular weight excluding hydrogens is 228 g/mol. The number of rotatable bonds is 3. The second-order valence-corrected chi connectivity index (χ2v) is 6.88. The molecule has 0 aliphatic heterocycles. The van der Waals surface area contributed by atoms with Crippen molar-refractivity contribution in [1.29, 1.82) is 0 Å². The van der Waals surface area contributed by atoms with Gasteiger partial charge in [0, 0.05) is 0 Å². The van der Waals surface area contributed by atoms with Gasteiger partial charge in [0.25, 0.3) is 0 Å². The smallest absolute Gasteiger partial charge is 0.309 e. The zero-order valence-corrected chi connectivity index (χ0v) is 10.8. The van der Waals surface area contributed by atoms with E-state index in [2.05, 4.69) is 0 Å². The lowest BCUT2D eigenvalue weighted by Crippen LogP contribution is -2.36. The maximum absolute atomic E-state index is 12.1. The third-order valence-electron chi connectivity index (χ3n) is 6.37. The van der Waals surface area contributed by atoms with Crippen molar-refractivity contribution in [3.63, 3.8) is 0 Å². The van der Waals surface area contributed by atoms with E-state index < -0.39 is 0 Å². The summed E-state index contributed by atoms with van der Waals surface area (Å²) in [6.45, 7) is 0.121. The van der Waals surface area contributed by atoms with Crippen LogP contribution in [-0.4, -0.2) is 24.3 Å². The molecule has 3 nitrogen and oxygen atoms in total. The first kappa shape index (κ1) is 11.3. The molecule has 3 heteroatoms. The van der Waals surface area contributed by atoms with Crippen LogP contribution >= 0.6 is 0 Å². The third kappa shape index (κ3) is 1.37. The summed E-state index contributed by atoms with van der Waals surface area (Å²) in [5.74, 6) is 5.25. The van der Waals surface area contributed by atoms with Gasteiger partial charge in [0.15, 0.2) is 0 Å². The Morgan fingerprint density at radius 1 is 1.06 bits per heavy atom. The molecule has 7 unspecified atom stereocenters. The first-order valence-electron chi connectivity index (χ1n) is 7.57. The van der Waals surface area contributed by atoms with Gasteiger partial charge in [-0.1, -0.05) is 0 Å². The average Bonchev–Trinajstić information content (AvgIpc) is 3.10. The standard InChI is InChI=1S/C15H22O3/c16-3-4-18-15(17)12-7-10-6-11(12)14-9-2-1-8(5-9)13(10)14/h8-14,16H,1-7H2. The van der Waals surface area contributed by atoms with Crippen LogP contribution in [0.5, 0.6) is 0 Å². The van der Waals surface area contributed by atoms with Crippen molar-refractivity contribution in [3.05, 3.63) is 0 Å². The van der Waals surface area contributed by atoms with Gasteiger partial charge in [0.1, 0.15) is 6.61 Å². The second kappa shape index (κ2) is 3.96. The molecule has 18 heavy (non-hydrogen) atoms. The Hall–Kier alpha value is -0.570. The highest BCUT2D eigenvalue weighted by Crippen LogP contribution is 2.68. The minimum Gasteiger partial charge on any atom is -0.463 e. The lowest BCUT2D eigenvalue weighted by molar-refractivity contribution is -0.153. The van der Waals surface area contributed by atoms with Crippen LogP contribution in [0.1, 0.15) is 32.1 Å². The lowest BCUT2D eigenvalue weighted by atomic mass is 9.67. The van der Waals surface area contributed by atoms with E-state index >= 15 is 0 Å². The Labute approximate surface area is 108 Å². The maximum atomic E-state index is 12.1. The Morgan fingerprint density at radius 3 is 2.61 bits per heavy atom. The van der Waals surface area contributed by atoms with Gasteiger partial charge in [0.2, 0.25) is 0 Å². The molecule has 0 radical (unpaired) electrons. The summed E-state index contributed by atoms with van der Waals surface area (Å²) in [4.78, 5) is 12.1. The van der Waals surface area contributed by atoms with E-state index in [0.29, 0.717) is 5.92 Å². The predicted octanol–water partition coefficient (Wildman–Crippen LogP) is 1.84. The van der Waals surface area contributed by atoms with Crippen LogP contribution in [0, 0.1) is 41.4 Å². The molecule has 100 valence electrons. The van der Waals surface area contributed by atoms with E-state index in [1.54, 1.807) is 0 Å². The monoisotopic (exact) mass is 250 g/mol. The van der Waals surface area contributed by atoms with Crippen molar-refractivity contribution in [2.45, 2.75) is 32.1 Å². The fraction of sp³-hybridized carbons (Fsp3) is 0.933. The largest absolute Gasteiger partial charge is 0.463 e. The van der Waals surface area contributed by atoms with Crippen LogP contribution < -0.4 is 0 Å². The summed E-state index contributed by atoms with van der Waals surface area (Å²) in [7, 11) is 0. The highest BCUT2D eigenvalue weighted by atomic mass is 16.5. The van der Waals surface area contributed by atoms with E-state index in [-0.39, 0.29) is 25.1 Å². The number of ether oxygens (including phenoxy) is 1. The van der Waals surface area contributed by atoms with Gasteiger partial charge in [-0.15, -0.1) is 0 Å². The molecule has 4 rings (SSSR count). The summed E-state index contributed by atoms with van der Waals surface area (Å²) >= 11 is 0. The van der Waals surface area contributed by atoms with Crippen molar-refractivity contribution in [3.8, 4) is 0 Å². The van der Waals surface area contributed by atoms with Gasteiger partial charge >= 0.3 is 5.97 Å². The number of hydrogen-bond acceptors (Lipinski definition) is 3. The summed E-state index contributed by atoms with van der Waals surface area (Å²) in [6.07, 6.45) is 6.66. The molecule has 7 atom stereocenters. The number of aliphatic hydroxyl groups excluding tert-OH is 1. The highest BCUT2D eigenvalue weighted by Gasteiger charge is 2.63. The molecule has 4 saturated carbocycles. The van der Waals surface area contributed by atoms with Crippen molar-refractivity contribution in [2.75, 3.05) is 13.2 Å². The molecule has 0 spiro atoms. The minimum atomic E-state index is -0.0523. The quantitative estimate of drug-likeness (QED) is 0.614. The van der Waals surface area contributed by atoms with E-state index in [9.17, 15) is 4.79 Å². The number of hydrogen-bond donors (Lipinski definition) is 1. The number of carbonyl (C=O) groups is 1. The van der Waals surface area contributed by atoms with Crippen LogP contribution in [0.4, 0.5) is 0 Å². The third-order valence-corrected chi connectivity index (χ3v) is 6.37. The van der Waals surface area contributed by atoms with Gasteiger partial charge in [-0.2, -0.15) is 0 Å². The highest BCUT2D eigenvalue weighted by molar-refractivity contribution is 5.73. The summed E-state index contributed by atoms with van der Waals surface area (Å²) in [6, 6.07) is 0. The van der Waals surface area contributed by atoms with Crippen LogP contribution in [0.3, 0.4) is 0 Å². The minimum absolute atomic E-state index is 0.0298. The van der Waals surface area contributed by atoms with Gasteiger partial charge in [-0.3, -0.25) is 4.79 Å². The molecule has 4 aliphatic rings. The van der Waals surface area contributed by atoms with Crippen molar-refractivity contribution in [2.24, 2.45) is 41.4 Å². The average molecular weight is 250 g/mol. The van der Waals surface area contributed by atoms with E-state index in [1.165, 1.54) is 25.7 Å². The fourth-order valence-corrected chi connectivity index (χ4v) is 6.09. The molecule has 1 N–H and O–H groups in total. The van der Waals surface area contributed by atoms with E-state index in [0.717, 1.165) is 36.0 Å². The van der Waals surface area contributed by atoms with Crippen LogP contribution in [0.25, 0.3) is 0 Å². The zero-order valence-electron chi connectivity index (χ0n) is 10.8. The van der Waals surface area contributed by atoms with Crippen molar-refractivity contribution in [1.82, 2.24) is 0 Å². The van der Waals surface area contributed by atoms with Crippen molar-refractivity contribution >= 4 is 5.97 Å². The Morgan fingerprint density at radius 2 is 1.83 bits per heavy atom. The molecule has 4 bridgehead atoms. The van der Waals surface area contributed by atoms with Crippen LogP contribution in [0.15, 0.2) is 0 Å². The van der Waals surface area contributed by atoms with Gasteiger partial charge in [0.05, 0.1) is 12.5 Å². The molecule has 0 saturated heterocycles. The number of carbonyl (C=O) groups excluding carboxylic acids is 1. The molecule has 0 amide bonds. The Bertz CT molecular complexity index is 367. The van der Waals surface area contributed by atoms with Crippen LogP contribution in [0.2, 0.25) is 0 Å². The molecule has 0 aromatic carbocycles. The molecular formula is C15H22O3. The van der Waals surface area contributed by atoms with E-state index in [1.807, 2.05) is 0 Å². The summed E-state index contributed by atoms with van der Waals surface area (Å²) < 4.78 is 5.17.